The summed E-state index contributed by atoms with van der Waals surface area (Å²) < 4.78 is 33.3. The maximum Gasteiger partial charge on any atom is 0.270 e. The van der Waals surface area contributed by atoms with Crippen molar-refractivity contribution in [2.75, 3.05) is 62.3 Å². The summed E-state index contributed by atoms with van der Waals surface area (Å²) in [6, 6.07) is 14.2. The van der Waals surface area contributed by atoms with Crippen molar-refractivity contribution in [1.29, 1.82) is 0 Å². The van der Waals surface area contributed by atoms with Crippen LogP contribution >= 0.6 is 0 Å². The predicted octanol–water partition coefficient (Wildman–Crippen LogP) is 1.94. The van der Waals surface area contributed by atoms with Gasteiger partial charge in [-0.1, -0.05) is 18.2 Å². The van der Waals surface area contributed by atoms with Crippen LogP contribution in [0.3, 0.4) is 0 Å². The minimum atomic E-state index is -3.87. The van der Waals surface area contributed by atoms with Crippen LogP contribution < -0.4 is 9.80 Å². The van der Waals surface area contributed by atoms with E-state index in [2.05, 4.69) is 17.0 Å². The molecule has 0 aliphatic carbocycles. The fourth-order valence-electron chi connectivity index (χ4n) is 3.85. The fraction of sp³-hybridized carbons (Fsp3) is 0.400. The lowest BCUT2D eigenvalue weighted by Gasteiger charge is -2.38. The summed E-state index contributed by atoms with van der Waals surface area (Å²) in [6.07, 6.45) is 0. The average Bonchev–Trinajstić information content (AvgIpc) is 2.80. The minimum absolute atomic E-state index is 0.00763. The van der Waals surface area contributed by atoms with Gasteiger partial charge in [0.1, 0.15) is 4.90 Å². The van der Waals surface area contributed by atoms with Gasteiger partial charge in [0.25, 0.3) is 5.69 Å². The van der Waals surface area contributed by atoms with Crippen LogP contribution in [0.1, 0.15) is 0 Å². The van der Waals surface area contributed by atoms with Crippen molar-refractivity contribution in [3.63, 3.8) is 0 Å². The molecule has 2 fully saturated rings. The summed E-state index contributed by atoms with van der Waals surface area (Å²) in [5, 5.41) is 11.3. The maximum absolute atomic E-state index is 13.3. The van der Waals surface area contributed by atoms with Crippen LogP contribution in [-0.4, -0.2) is 70.1 Å². The molecule has 160 valence electrons. The molecule has 10 heteroatoms. The van der Waals surface area contributed by atoms with Crippen molar-refractivity contribution in [2.24, 2.45) is 0 Å². The number of morpholine rings is 1. The lowest BCUT2D eigenvalue weighted by atomic mass is 10.2. The number of para-hydroxylation sites is 1. The molecule has 4 rings (SSSR count). The highest BCUT2D eigenvalue weighted by Gasteiger charge is 2.32. The van der Waals surface area contributed by atoms with Gasteiger partial charge in [0, 0.05) is 57.1 Å². The second-order valence-corrected chi connectivity index (χ2v) is 9.14. The molecule has 9 nitrogen and oxygen atoms in total. The third-order valence-electron chi connectivity index (χ3n) is 5.48. The topological polar surface area (TPSA) is 96.2 Å². The third-order valence-corrected chi connectivity index (χ3v) is 7.41. The Balaban J connectivity index is 1.62. The quantitative estimate of drug-likeness (QED) is 0.526. The largest absolute Gasteiger partial charge is 0.379 e. The molecule has 0 N–H and O–H groups in total. The number of nitro groups is 1. The van der Waals surface area contributed by atoms with Gasteiger partial charge in [-0.3, -0.25) is 10.1 Å². The first-order chi connectivity index (χ1) is 14.5. The number of ether oxygens (including phenoxy) is 1. The highest BCUT2D eigenvalue weighted by Crippen LogP contribution is 2.33. The van der Waals surface area contributed by atoms with Gasteiger partial charge < -0.3 is 14.5 Å². The number of non-ortho nitro benzene ring substituents is 1. The van der Waals surface area contributed by atoms with E-state index in [1.807, 2.05) is 23.1 Å². The zero-order valence-corrected chi connectivity index (χ0v) is 17.3. The second-order valence-electron chi connectivity index (χ2n) is 7.24. The monoisotopic (exact) mass is 432 g/mol. The molecule has 2 aliphatic rings. The van der Waals surface area contributed by atoms with Gasteiger partial charge in [-0.05, 0) is 18.2 Å². The number of rotatable bonds is 5. The fourth-order valence-corrected chi connectivity index (χ4v) is 5.49. The minimum Gasteiger partial charge on any atom is -0.379 e. The van der Waals surface area contributed by atoms with E-state index < -0.39 is 14.9 Å². The number of hydrogen-bond acceptors (Lipinski definition) is 7. The SMILES string of the molecule is O=[N+]([O-])c1ccc(N2CCN(c3ccccc3)CC2)c(S(=O)(=O)N2CCOCC2)c1. The molecular formula is C20H24N4O5S. The van der Waals surface area contributed by atoms with Crippen LogP contribution in [0.2, 0.25) is 0 Å². The summed E-state index contributed by atoms with van der Waals surface area (Å²) in [5.41, 5.74) is 1.41. The lowest BCUT2D eigenvalue weighted by molar-refractivity contribution is -0.385. The first-order valence-corrected chi connectivity index (χ1v) is 11.3. The molecule has 0 aromatic heterocycles. The zero-order valence-electron chi connectivity index (χ0n) is 16.5. The zero-order chi connectivity index (χ0) is 21.1. The first-order valence-electron chi connectivity index (χ1n) is 9.88. The van der Waals surface area contributed by atoms with Crippen molar-refractivity contribution in [2.45, 2.75) is 4.90 Å². The van der Waals surface area contributed by atoms with Gasteiger partial charge in [0.05, 0.1) is 23.8 Å². The molecule has 2 aliphatic heterocycles. The van der Waals surface area contributed by atoms with Crippen molar-refractivity contribution in [3.8, 4) is 0 Å². The summed E-state index contributed by atoms with van der Waals surface area (Å²) in [7, 11) is -3.87. The smallest absolute Gasteiger partial charge is 0.270 e. The third kappa shape index (κ3) is 4.11. The van der Waals surface area contributed by atoms with Crippen LogP contribution in [0.5, 0.6) is 0 Å². The number of sulfonamides is 1. The normalized spacial score (nSPS) is 18.4. The number of benzene rings is 2. The van der Waals surface area contributed by atoms with E-state index in [0.717, 1.165) is 18.8 Å². The van der Waals surface area contributed by atoms with E-state index in [0.29, 0.717) is 32.0 Å². The Kier molecular flexibility index (Phi) is 5.89. The molecule has 0 radical (unpaired) electrons. The lowest BCUT2D eigenvalue weighted by Crippen LogP contribution is -2.47. The Bertz CT molecular complexity index is 1000. The first kappa shape index (κ1) is 20.6. The molecule has 2 aromatic carbocycles. The molecule has 2 saturated heterocycles. The molecule has 0 unspecified atom stereocenters. The Labute approximate surface area is 175 Å². The maximum atomic E-state index is 13.3. The summed E-state index contributed by atoms with van der Waals surface area (Å²) in [6.45, 7) is 3.84. The van der Waals surface area contributed by atoms with E-state index in [1.165, 1.54) is 16.4 Å². The summed E-state index contributed by atoms with van der Waals surface area (Å²) in [5.74, 6) is 0. The molecule has 0 bridgehead atoms. The number of nitro benzene ring substituents is 1. The number of nitrogens with zero attached hydrogens (tertiary/aromatic N) is 4. The van der Waals surface area contributed by atoms with Crippen molar-refractivity contribution >= 4 is 27.1 Å². The Hall–Kier alpha value is -2.69. The van der Waals surface area contributed by atoms with Crippen LogP contribution in [0.25, 0.3) is 0 Å². The number of piperazine rings is 1. The predicted molar refractivity (Wildman–Crippen MR) is 114 cm³/mol. The molecule has 2 aromatic rings. The van der Waals surface area contributed by atoms with Gasteiger partial charge in [-0.15, -0.1) is 0 Å². The van der Waals surface area contributed by atoms with Crippen LogP contribution in [0.15, 0.2) is 53.4 Å². The van der Waals surface area contributed by atoms with Gasteiger partial charge in [-0.25, -0.2) is 8.42 Å². The van der Waals surface area contributed by atoms with Crippen molar-refractivity contribution in [3.05, 3.63) is 58.6 Å². The summed E-state index contributed by atoms with van der Waals surface area (Å²) in [4.78, 5) is 15.0. The number of anilines is 2. The van der Waals surface area contributed by atoms with Gasteiger partial charge >= 0.3 is 0 Å². The highest BCUT2D eigenvalue weighted by molar-refractivity contribution is 7.89. The Morgan fingerprint density at radius 3 is 2.13 bits per heavy atom. The molecule has 0 atom stereocenters. The summed E-state index contributed by atoms with van der Waals surface area (Å²) >= 11 is 0. The van der Waals surface area contributed by atoms with Gasteiger partial charge in [-0.2, -0.15) is 4.31 Å². The average molecular weight is 433 g/mol. The van der Waals surface area contributed by atoms with Crippen LogP contribution in [-0.2, 0) is 14.8 Å². The van der Waals surface area contributed by atoms with Crippen LogP contribution in [0.4, 0.5) is 17.1 Å². The van der Waals surface area contributed by atoms with E-state index in [1.54, 1.807) is 6.07 Å². The van der Waals surface area contributed by atoms with Crippen LogP contribution in [0, 0.1) is 10.1 Å². The van der Waals surface area contributed by atoms with Crippen molar-refractivity contribution in [1.82, 2.24) is 4.31 Å². The van der Waals surface area contributed by atoms with Crippen molar-refractivity contribution < 1.29 is 18.1 Å². The number of hydrogen-bond donors (Lipinski definition) is 0. The highest BCUT2D eigenvalue weighted by atomic mass is 32.2. The second kappa shape index (κ2) is 8.58. The standard InChI is InChI=1S/C20H24N4O5S/c25-24(26)18-6-7-19(20(16-18)30(27,28)23-12-14-29-15-13-23)22-10-8-21(9-11-22)17-4-2-1-3-5-17/h1-7,16H,8-15H2. The Morgan fingerprint density at radius 2 is 1.50 bits per heavy atom. The molecule has 0 spiro atoms. The van der Waals surface area contributed by atoms with Gasteiger partial charge in [0.2, 0.25) is 10.0 Å². The molecular weight excluding hydrogens is 408 g/mol. The van der Waals surface area contributed by atoms with E-state index in [4.69, 9.17) is 4.74 Å². The molecule has 0 amide bonds. The van der Waals surface area contributed by atoms with E-state index >= 15 is 0 Å². The van der Waals surface area contributed by atoms with E-state index in [-0.39, 0.29) is 23.7 Å². The van der Waals surface area contributed by atoms with Gasteiger partial charge in [0.15, 0.2) is 0 Å². The molecule has 2 heterocycles. The van der Waals surface area contributed by atoms with E-state index in [9.17, 15) is 18.5 Å². The molecule has 0 saturated carbocycles. The molecule has 30 heavy (non-hydrogen) atoms. The Morgan fingerprint density at radius 1 is 0.867 bits per heavy atom.